The number of hydrogen-bond acceptors (Lipinski definition) is 3. The number of fused-ring (bicyclic) bond motifs is 2. The first-order valence-corrected chi connectivity index (χ1v) is 15.4. The zero-order chi connectivity index (χ0) is 30.1. The number of benzene rings is 5. The summed E-state index contributed by atoms with van der Waals surface area (Å²) in [7, 11) is 0. The molecule has 0 saturated heterocycles. The van der Waals surface area contributed by atoms with E-state index in [4.69, 9.17) is 9.97 Å². The highest BCUT2D eigenvalue weighted by Gasteiger charge is 2.47. The van der Waals surface area contributed by atoms with E-state index in [9.17, 15) is 0 Å². The van der Waals surface area contributed by atoms with Gasteiger partial charge in [0.05, 0.1) is 28.2 Å². The smallest absolute Gasteiger partial charge is 0.235 e. The zero-order valence-corrected chi connectivity index (χ0v) is 24.8. The van der Waals surface area contributed by atoms with Gasteiger partial charge in [0.15, 0.2) is 0 Å². The van der Waals surface area contributed by atoms with Gasteiger partial charge in [-0.15, -0.1) is 0 Å². The molecule has 0 fully saturated rings. The minimum absolute atomic E-state index is 0.546. The van der Waals surface area contributed by atoms with E-state index in [0.717, 1.165) is 40.3 Å². The number of anilines is 3. The molecule has 45 heavy (non-hydrogen) atoms. The molecule has 0 spiro atoms. The van der Waals surface area contributed by atoms with Crippen LogP contribution in [0.1, 0.15) is 23.1 Å². The van der Waals surface area contributed by atoms with Crippen LogP contribution in [0.15, 0.2) is 182 Å². The highest BCUT2D eigenvalue weighted by Crippen LogP contribution is 2.57. The number of rotatable bonds is 5. The molecule has 214 valence electrons. The third-order valence-corrected chi connectivity index (χ3v) is 8.77. The molecule has 0 unspecified atom stereocenters. The lowest BCUT2D eigenvalue weighted by Crippen LogP contribution is -2.38. The summed E-state index contributed by atoms with van der Waals surface area (Å²) in [5.74, 6) is 0.641. The molecule has 1 aliphatic carbocycles. The number of aromatic nitrogens is 2. The van der Waals surface area contributed by atoms with E-state index in [2.05, 4.69) is 169 Å². The van der Waals surface area contributed by atoms with Gasteiger partial charge < -0.3 is 0 Å². The SMILES string of the molecule is C1=CCC=CC(C2(c3ccccc3)c3ccccc3N(c3nc(-c4ccccc4)cc(-c4ccccc4)n3)c3ccccc32)=C1. The van der Waals surface area contributed by atoms with Crippen LogP contribution in [0.3, 0.4) is 0 Å². The predicted octanol–water partition coefficient (Wildman–Crippen LogP) is 10.4. The van der Waals surface area contributed by atoms with Gasteiger partial charge in [0.1, 0.15) is 0 Å². The van der Waals surface area contributed by atoms with Crippen LogP contribution in [0.25, 0.3) is 22.5 Å². The van der Waals surface area contributed by atoms with Crippen LogP contribution in [0.5, 0.6) is 0 Å². The first-order chi connectivity index (χ1) is 22.3. The molecule has 0 amide bonds. The van der Waals surface area contributed by atoms with Crippen molar-refractivity contribution >= 4 is 17.3 Å². The second-order valence-corrected chi connectivity index (χ2v) is 11.3. The number of nitrogens with zero attached hydrogens (tertiary/aromatic N) is 3. The molecule has 0 N–H and O–H groups in total. The summed E-state index contributed by atoms with van der Waals surface area (Å²) in [4.78, 5) is 12.8. The maximum absolute atomic E-state index is 5.27. The lowest BCUT2D eigenvalue weighted by molar-refractivity contribution is 0.727. The van der Waals surface area contributed by atoms with Gasteiger partial charge in [0.25, 0.3) is 0 Å². The van der Waals surface area contributed by atoms with E-state index in [0.29, 0.717) is 5.95 Å². The van der Waals surface area contributed by atoms with Crippen LogP contribution in [-0.4, -0.2) is 9.97 Å². The molecular weight excluding hydrogens is 546 g/mol. The van der Waals surface area contributed by atoms with Crippen molar-refractivity contribution in [2.24, 2.45) is 0 Å². The van der Waals surface area contributed by atoms with Gasteiger partial charge in [-0.3, -0.25) is 4.90 Å². The van der Waals surface area contributed by atoms with Gasteiger partial charge >= 0.3 is 0 Å². The molecule has 2 heterocycles. The van der Waals surface area contributed by atoms with Gasteiger partial charge in [0, 0.05) is 11.1 Å². The molecule has 8 rings (SSSR count). The van der Waals surface area contributed by atoms with E-state index in [1.54, 1.807) is 0 Å². The van der Waals surface area contributed by atoms with Crippen LogP contribution >= 0.6 is 0 Å². The largest absolute Gasteiger partial charge is 0.278 e. The van der Waals surface area contributed by atoms with E-state index < -0.39 is 5.41 Å². The van der Waals surface area contributed by atoms with Crippen molar-refractivity contribution in [3.63, 3.8) is 0 Å². The molecule has 3 heteroatoms. The van der Waals surface area contributed by atoms with Crippen LogP contribution in [0.2, 0.25) is 0 Å². The van der Waals surface area contributed by atoms with E-state index in [1.165, 1.54) is 22.3 Å². The fourth-order valence-corrected chi connectivity index (χ4v) is 6.82. The molecule has 3 nitrogen and oxygen atoms in total. The van der Waals surface area contributed by atoms with Crippen molar-refractivity contribution in [2.45, 2.75) is 11.8 Å². The van der Waals surface area contributed by atoms with Crippen molar-refractivity contribution in [3.8, 4) is 22.5 Å². The lowest BCUT2D eigenvalue weighted by atomic mass is 9.62. The summed E-state index contributed by atoms with van der Waals surface area (Å²) in [5.41, 5.74) is 10.3. The molecule has 0 bridgehead atoms. The summed E-state index contributed by atoms with van der Waals surface area (Å²) in [6.45, 7) is 0. The topological polar surface area (TPSA) is 29.0 Å². The summed E-state index contributed by atoms with van der Waals surface area (Å²) in [6.07, 6.45) is 12.1. The average Bonchev–Trinajstić information content (AvgIpc) is 3.42. The van der Waals surface area contributed by atoms with Crippen LogP contribution < -0.4 is 4.90 Å². The Labute approximate surface area is 264 Å². The molecule has 0 radical (unpaired) electrons. The zero-order valence-electron chi connectivity index (χ0n) is 24.8. The summed E-state index contributed by atoms with van der Waals surface area (Å²) >= 11 is 0. The number of allylic oxidation sites excluding steroid dienone is 6. The predicted molar refractivity (Wildman–Crippen MR) is 185 cm³/mol. The quantitative estimate of drug-likeness (QED) is 0.204. The highest BCUT2D eigenvalue weighted by atomic mass is 15.3. The molecule has 5 aromatic carbocycles. The molecule has 6 aromatic rings. The second-order valence-electron chi connectivity index (χ2n) is 11.3. The first kappa shape index (κ1) is 26.8. The molecule has 0 atom stereocenters. The molecule has 1 aromatic heterocycles. The normalized spacial score (nSPS) is 14.7. The van der Waals surface area contributed by atoms with Crippen molar-refractivity contribution in [1.29, 1.82) is 0 Å². The number of para-hydroxylation sites is 2. The molecular formula is C42H31N3. The van der Waals surface area contributed by atoms with E-state index in [-0.39, 0.29) is 0 Å². The van der Waals surface area contributed by atoms with Crippen LogP contribution in [0, 0.1) is 0 Å². The minimum atomic E-state index is -0.546. The Hall–Kier alpha value is -5.80. The van der Waals surface area contributed by atoms with Crippen molar-refractivity contribution < 1.29 is 0 Å². The second kappa shape index (κ2) is 11.4. The van der Waals surface area contributed by atoms with Gasteiger partial charge in [-0.2, -0.15) is 0 Å². The summed E-state index contributed by atoms with van der Waals surface area (Å²) < 4.78 is 0. The lowest BCUT2D eigenvalue weighted by Gasteiger charge is -2.46. The summed E-state index contributed by atoms with van der Waals surface area (Å²) in [5, 5.41) is 0. The Kier molecular flexibility index (Phi) is 6.77. The third kappa shape index (κ3) is 4.52. The fourth-order valence-electron chi connectivity index (χ4n) is 6.82. The van der Waals surface area contributed by atoms with Gasteiger partial charge in [-0.25, -0.2) is 9.97 Å². The van der Waals surface area contributed by atoms with Crippen molar-refractivity contribution in [1.82, 2.24) is 9.97 Å². The third-order valence-electron chi connectivity index (χ3n) is 8.77. The van der Waals surface area contributed by atoms with E-state index >= 15 is 0 Å². The van der Waals surface area contributed by atoms with Crippen molar-refractivity contribution in [2.75, 3.05) is 4.90 Å². The Morgan fingerprint density at radius 1 is 0.533 bits per heavy atom. The Morgan fingerprint density at radius 2 is 1.04 bits per heavy atom. The maximum Gasteiger partial charge on any atom is 0.235 e. The van der Waals surface area contributed by atoms with Gasteiger partial charge in [-0.05, 0) is 46.9 Å². The molecule has 1 aliphatic heterocycles. The van der Waals surface area contributed by atoms with Crippen molar-refractivity contribution in [3.05, 3.63) is 198 Å². The Balaban J connectivity index is 1.44. The molecule has 0 saturated carbocycles. The monoisotopic (exact) mass is 577 g/mol. The minimum Gasteiger partial charge on any atom is -0.278 e. The Morgan fingerprint density at radius 3 is 1.62 bits per heavy atom. The standard InChI is InChI=1S/C42H31N3/c1-2-11-23-33(22-10-1)42(34-24-12-5-13-25-34)35-26-14-16-28-39(35)45(40-29-17-15-27-36(40)42)41-43-37(31-18-6-3-7-19-31)30-38(44-41)32-20-8-4-9-21-32/h1,3-30H,2H2. The van der Waals surface area contributed by atoms with E-state index in [1.807, 2.05) is 12.1 Å². The molecule has 2 aliphatic rings. The van der Waals surface area contributed by atoms with Gasteiger partial charge in [-0.1, -0.05) is 158 Å². The fraction of sp³-hybridized carbons (Fsp3) is 0.0476. The highest BCUT2D eigenvalue weighted by molar-refractivity contribution is 5.89. The van der Waals surface area contributed by atoms with Crippen LogP contribution in [0.4, 0.5) is 17.3 Å². The maximum atomic E-state index is 5.27. The Bertz CT molecular complexity index is 1970. The summed E-state index contributed by atoms with van der Waals surface area (Å²) in [6, 6.07) is 51.2. The average molecular weight is 578 g/mol. The van der Waals surface area contributed by atoms with Gasteiger partial charge in [0.2, 0.25) is 5.95 Å². The number of hydrogen-bond donors (Lipinski definition) is 0. The first-order valence-electron chi connectivity index (χ1n) is 15.4. The van der Waals surface area contributed by atoms with Crippen LogP contribution in [-0.2, 0) is 5.41 Å².